The third-order valence-electron chi connectivity index (χ3n) is 2.38. The van der Waals surface area contributed by atoms with E-state index < -0.39 is 11.9 Å². The number of allylic oxidation sites excluding steroid dienone is 1. The molecule has 0 fully saturated rings. The van der Waals surface area contributed by atoms with E-state index in [9.17, 15) is 15.0 Å². The Kier molecular flexibility index (Phi) is 4.29. The molecule has 0 amide bonds. The lowest BCUT2D eigenvalue weighted by Crippen LogP contribution is -2.16. The molecule has 0 saturated carbocycles. The minimum Gasteiger partial charge on any atom is -0.504 e. The van der Waals surface area contributed by atoms with Crippen LogP contribution in [0.2, 0.25) is 0 Å². The van der Waals surface area contributed by atoms with E-state index in [1.165, 1.54) is 20.1 Å². The van der Waals surface area contributed by atoms with Crippen LogP contribution in [0.25, 0.3) is 0 Å². The molecule has 1 rings (SSSR count). The number of aromatic hydroxyl groups is 1. The van der Waals surface area contributed by atoms with Gasteiger partial charge >= 0.3 is 0 Å². The zero-order chi connectivity index (χ0) is 13.0. The summed E-state index contributed by atoms with van der Waals surface area (Å²) in [5, 5.41) is 19.1. The van der Waals surface area contributed by atoms with Gasteiger partial charge in [-0.3, -0.25) is 4.79 Å². The van der Waals surface area contributed by atoms with Crippen molar-refractivity contribution in [1.29, 1.82) is 0 Å². The molecule has 1 aromatic carbocycles. The fraction of sp³-hybridized carbons (Fsp3) is 0.308. The lowest BCUT2D eigenvalue weighted by molar-refractivity contribution is 0.0776. The van der Waals surface area contributed by atoms with Crippen molar-refractivity contribution >= 4 is 5.78 Å². The number of methoxy groups -OCH3 is 1. The molecule has 0 aliphatic rings. The minimum atomic E-state index is -1.16. The first-order valence-electron chi connectivity index (χ1n) is 5.24. The van der Waals surface area contributed by atoms with Crippen molar-refractivity contribution in [1.82, 2.24) is 0 Å². The fourth-order valence-corrected chi connectivity index (χ4v) is 1.52. The van der Waals surface area contributed by atoms with E-state index >= 15 is 0 Å². The minimum absolute atomic E-state index is 0.0659. The van der Waals surface area contributed by atoms with Crippen LogP contribution in [0, 0.1) is 0 Å². The maximum Gasteiger partial charge on any atom is 0.194 e. The molecule has 0 aliphatic heterocycles. The van der Waals surface area contributed by atoms with Crippen molar-refractivity contribution in [3.8, 4) is 11.5 Å². The van der Waals surface area contributed by atoms with E-state index in [0.717, 1.165) is 5.56 Å². The molecule has 0 bridgehead atoms. The van der Waals surface area contributed by atoms with Gasteiger partial charge in [-0.1, -0.05) is 6.08 Å². The molecule has 0 radical (unpaired) electrons. The molecule has 0 saturated heterocycles. The lowest BCUT2D eigenvalue weighted by Gasteiger charge is -2.12. The molecule has 0 heterocycles. The van der Waals surface area contributed by atoms with Gasteiger partial charge in [0, 0.05) is 0 Å². The fourth-order valence-electron chi connectivity index (χ4n) is 1.52. The zero-order valence-electron chi connectivity index (χ0n) is 9.93. The number of phenols is 1. The van der Waals surface area contributed by atoms with E-state index in [-0.39, 0.29) is 17.1 Å². The maximum atomic E-state index is 11.7. The van der Waals surface area contributed by atoms with Crippen molar-refractivity contribution in [3.05, 3.63) is 35.9 Å². The second-order valence-corrected chi connectivity index (χ2v) is 3.73. The molecular formula is C13H16O4. The van der Waals surface area contributed by atoms with E-state index in [1.807, 2.05) is 0 Å². The molecular weight excluding hydrogens is 220 g/mol. The number of phenolic OH excluding ortho intramolecular Hbond substituents is 1. The van der Waals surface area contributed by atoms with E-state index in [4.69, 9.17) is 4.74 Å². The summed E-state index contributed by atoms with van der Waals surface area (Å²) < 4.78 is 4.98. The summed E-state index contributed by atoms with van der Waals surface area (Å²) in [7, 11) is 1.41. The maximum absolute atomic E-state index is 11.7. The molecule has 1 aromatic rings. The van der Waals surface area contributed by atoms with Gasteiger partial charge in [0.25, 0.3) is 0 Å². The molecule has 17 heavy (non-hydrogen) atoms. The van der Waals surface area contributed by atoms with Crippen LogP contribution in [0.1, 0.15) is 22.8 Å². The predicted molar refractivity (Wildman–Crippen MR) is 64.6 cm³/mol. The van der Waals surface area contributed by atoms with E-state index in [0.29, 0.717) is 6.42 Å². The van der Waals surface area contributed by atoms with Crippen LogP contribution in [-0.4, -0.2) is 29.2 Å². The van der Waals surface area contributed by atoms with Crippen LogP contribution in [0.15, 0.2) is 24.8 Å². The highest BCUT2D eigenvalue weighted by molar-refractivity contribution is 6.02. The summed E-state index contributed by atoms with van der Waals surface area (Å²) in [5.74, 6) is -0.564. The summed E-state index contributed by atoms with van der Waals surface area (Å²) in [6.45, 7) is 4.96. The smallest absolute Gasteiger partial charge is 0.194 e. The van der Waals surface area contributed by atoms with Crippen LogP contribution < -0.4 is 4.74 Å². The molecule has 0 aromatic heterocycles. The van der Waals surface area contributed by atoms with E-state index in [2.05, 4.69) is 6.58 Å². The first-order valence-corrected chi connectivity index (χ1v) is 5.24. The van der Waals surface area contributed by atoms with Gasteiger partial charge in [0.05, 0.1) is 12.7 Å². The Morgan fingerprint density at radius 3 is 2.71 bits per heavy atom. The Morgan fingerprint density at radius 1 is 1.59 bits per heavy atom. The SMILES string of the molecule is C=CCc1cc(OC)c(O)c(C(=O)C(C)O)c1. The van der Waals surface area contributed by atoms with Gasteiger partial charge in [-0.25, -0.2) is 0 Å². The van der Waals surface area contributed by atoms with Crippen molar-refractivity contribution in [2.24, 2.45) is 0 Å². The first-order chi connectivity index (χ1) is 8.01. The third kappa shape index (κ3) is 2.85. The number of ether oxygens (including phenoxy) is 1. The summed E-state index contributed by atoms with van der Waals surface area (Å²) in [6, 6.07) is 3.17. The van der Waals surface area contributed by atoms with Gasteiger partial charge in [-0.15, -0.1) is 6.58 Å². The number of hydrogen-bond acceptors (Lipinski definition) is 4. The first kappa shape index (κ1) is 13.3. The Hall–Kier alpha value is -1.81. The number of aliphatic hydroxyl groups is 1. The van der Waals surface area contributed by atoms with Crippen molar-refractivity contribution in [2.45, 2.75) is 19.4 Å². The molecule has 0 aliphatic carbocycles. The topological polar surface area (TPSA) is 66.8 Å². The lowest BCUT2D eigenvalue weighted by atomic mass is 10.0. The number of Topliss-reactive ketones (excluding diaryl/α,β-unsaturated/α-hetero) is 1. The highest BCUT2D eigenvalue weighted by Crippen LogP contribution is 2.32. The second-order valence-electron chi connectivity index (χ2n) is 3.73. The van der Waals surface area contributed by atoms with Gasteiger partial charge in [-0.05, 0) is 31.0 Å². The summed E-state index contributed by atoms with van der Waals surface area (Å²) in [4.78, 5) is 11.7. The zero-order valence-corrected chi connectivity index (χ0v) is 9.93. The van der Waals surface area contributed by atoms with Gasteiger partial charge in [0.2, 0.25) is 0 Å². The average Bonchev–Trinajstić information content (AvgIpc) is 2.30. The summed E-state index contributed by atoms with van der Waals surface area (Å²) in [5.41, 5.74) is 0.856. The van der Waals surface area contributed by atoms with Gasteiger partial charge in [0.1, 0.15) is 6.10 Å². The molecule has 92 valence electrons. The van der Waals surface area contributed by atoms with Gasteiger partial charge < -0.3 is 14.9 Å². The second kappa shape index (κ2) is 5.50. The third-order valence-corrected chi connectivity index (χ3v) is 2.38. The molecule has 1 atom stereocenters. The van der Waals surface area contributed by atoms with Crippen LogP contribution >= 0.6 is 0 Å². The molecule has 4 nitrogen and oxygen atoms in total. The summed E-state index contributed by atoms with van der Waals surface area (Å²) >= 11 is 0. The molecule has 4 heteroatoms. The number of ketones is 1. The Balaban J connectivity index is 3.31. The number of carbonyl (C=O) groups is 1. The van der Waals surface area contributed by atoms with E-state index in [1.54, 1.807) is 12.1 Å². The highest BCUT2D eigenvalue weighted by Gasteiger charge is 2.20. The summed E-state index contributed by atoms with van der Waals surface area (Å²) in [6.07, 6.45) is 1.07. The molecule has 2 N–H and O–H groups in total. The largest absolute Gasteiger partial charge is 0.504 e. The highest BCUT2D eigenvalue weighted by atomic mass is 16.5. The normalized spacial score (nSPS) is 11.9. The van der Waals surface area contributed by atoms with Crippen molar-refractivity contribution in [2.75, 3.05) is 7.11 Å². The van der Waals surface area contributed by atoms with Crippen LogP contribution in [-0.2, 0) is 6.42 Å². The Morgan fingerprint density at radius 2 is 2.24 bits per heavy atom. The van der Waals surface area contributed by atoms with Gasteiger partial charge in [-0.2, -0.15) is 0 Å². The van der Waals surface area contributed by atoms with Crippen LogP contribution in [0.4, 0.5) is 0 Å². The van der Waals surface area contributed by atoms with Crippen LogP contribution in [0.5, 0.6) is 11.5 Å². The molecule has 0 spiro atoms. The monoisotopic (exact) mass is 236 g/mol. The number of benzene rings is 1. The number of aliphatic hydroxyl groups excluding tert-OH is 1. The Labute approximate surface area is 100 Å². The van der Waals surface area contributed by atoms with Crippen molar-refractivity contribution < 1.29 is 19.7 Å². The van der Waals surface area contributed by atoms with Crippen LogP contribution in [0.3, 0.4) is 0 Å². The average molecular weight is 236 g/mol. The predicted octanol–water partition coefficient (Wildman–Crippen LogP) is 1.69. The number of rotatable bonds is 5. The number of hydrogen-bond donors (Lipinski definition) is 2. The number of carbonyl (C=O) groups excluding carboxylic acids is 1. The standard InChI is InChI=1S/C13H16O4/c1-4-5-9-6-10(12(15)8(2)14)13(16)11(7-9)17-3/h4,6-8,14,16H,1,5H2,2-3H3. The van der Waals surface area contributed by atoms with Gasteiger partial charge in [0.15, 0.2) is 17.3 Å². The Bertz CT molecular complexity index is 435. The molecule has 1 unspecified atom stereocenters. The quantitative estimate of drug-likeness (QED) is 0.603. The van der Waals surface area contributed by atoms with Crippen molar-refractivity contribution in [3.63, 3.8) is 0 Å².